The monoisotopic (exact) mass is 429 g/mol. The van der Waals surface area contributed by atoms with Crippen molar-refractivity contribution in [1.29, 1.82) is 0 Å². The van der Waals surface area contributed by atoms with E-state index >= 15 is 0 Å². The predicted octanol–water partition coefficient (Wildman–Crippen LogP) is 5.05. The molecule has 2 saturated heterocycles. The standard InChI is InChI=1S/C27H43NO3/c1-26-11-9-19(30-3)15-18(26)7-8-20-22(26)10-12-27(2)24(20)21-14-17(21)16-28(27)25(29)23-6-4-5-13-31-23/h17-24H,4-16H2,1-3H3. The maximum absolute atomic E-state index is 13.7. The van der Waals surface area contributed by atoms with Crippen LogP contribution in [-0.4, -0.2) is 48.8 Å². The van der Waals surface area contributed by atoms with E-state index in [1.165, 1.54) is 51.4 Å². The Morgan fingerprint density at radius 1 is 1.00 bits per heavy atom. The fourth-order valence-electron chi connectivity index (χ4n) is 9.57. The number of nitrogens with zero attached hydrogens (tertiary/aromatic N) is 1. The highest BCUT2D eigenvalue weighted by molar-refractivity contribution is 5.82. The molecule has 174 valence electrons. The minimum absolute atomic E-state index is 0.0592. The third kappa shape index (κ3) is 3.10. The summed E-state index contributed by atoms with van der Waals surface area (Å²) in [6.07, 6.45) is 14.0. The molecule has 6 rings (SSSR count). The molecule has 4 aliphatic carbocycles. The molecule has 0 aromatic heterocycles. The largest absolute Gasteiger partial charge is 0.381 e. The summed E-state index contributed by atoms with van der Waals surface area (Å²) in [4.78, 5) is 16.1. The van der Waals surface area contributed by atoms with Crippen LogP contribution in [0, 0.1) is 40.9 Å². The van der Waals surface area contributed by atoms with Crippen LogP contribution in [0.2, 0.25) is 0 Å². The van der Waals surface area contributed by atoms with Crippen molar-refractivity contribution in [2.75, 3.05) is 20.3 Å². The van der Waals surface area contributed by atoms with Gasteiger partial charge in [-0.25, -0.2) is 0 Å². The van der Waals surface area contributed by atoms with Crippen LogP contribution in [0.3, 0.4) is 0 Å². The lowest BCUT2D eigenvalue weighted by molar-refractivity contribution is -0.179. The zero-order valence-corrected chi connectivity index (χ0v) is 20.0. The number of methoxy groups -OCH3 is 1. The Morgan fingerprint density at radius 3 is 2.65 bits per heavy atom. The summed E-state index contributed by atoms with van der Waals surface area (Å²) >= 11 is 0. The highest BCUT2D eigenvalue weighted by Crippen LogP contribution is 2.68. The van der Waals surface area contributed by atoms with Crippen molar-refractivity contribution in [3.63, 3.8) is 0 Å². The minimum atomic E-state index is -0.170. The number of hydrogen-bond acceptors (Lipinski definition) is 3. The minimum Gasteiger partial charge on any atom is -0.381 e. The van der Waals surface area contributed by atoms with E-state index < -0.39 is 0 Å². The number of piperidine rings is 1. The molecule has 10 unspecified atom stereocenters. The summed E-state index contributed by atoms with van der Waals surface area (Å²) in [6.45, 7) is 6.88. The van der Waals surface area contributed by atoms with E-state index in [1.807, 2.05) is 7.11 Å². The molecule has 4 heteroatoms. The summed E-state index contributed by atoms with van der Waals surface area (Å²) in [6, 6.07) is 0. The molecule has 4 saturated carbocycles. The molecule has 1 amide bonds. The Kier molecular flexibility index (Phi) is 5.04. The lowest BCUT2D eigenvalue weighted by Gasteiger charge is -2.64. The average Bonchev–Trinajstić information content (AvgIpc) is 3.56. The number of amides is 1. The zero-order valence-electron chi connectivity index (χ0n) is 20.0. The number of rotatable bonds is 2. The van der Waals surface area contributed by atoms with Gasteiger partial charge in [0.05, 0.1) is 6.10 Å². The Balaban J connectivity index is 1.27. The molecular weight excluding hydrogens is 386 g/mol. The van der Waals surface area contributed by atoms with E-state index in [0.29, 0.717) is 17.4 Å². The SMILES string of the molecule is COC1CCC2(C)C(CCC3C2CCC2(C)C3C3CC3CN2C(=O)C2CCCCO2)C1. The van der Waals surface area contributed by atoms with E-state index in [9.17, 15) is 4.79 Å². The van der Waals surface area contributed by atoms with E-state index in [-0.39, 0.29) is 11.6 Å². The third-order valence-corrected chi connectivity index (χ3v) is 11.4. The van der Waals surface area contributed by atoms with Crippen LogP contribution in [0.25, 0.3) is 0 Å². The number of hydrogen-bond donors (Lipinski definition) is 0. The second kappa shape index (κ2) is 7.45. The first-order chi connectivity index (χ1) is 15.0. The molecule has 0 radical (unpaired) electrons. The molecule has 6 aliphatic rings. The van der Waals surface area contributed by atoms with Gasteiger partial charge in [-0.2, -0.15) is 0 Å². The van der Waals surface area contributed by atoms with E-state index in [1.54, 1.807) is 0 Å². The summed E-state index contributed by atoms with van der Waals surface area (Å²) in [5.74, 6) is 5.20. The van der Waals surface area contributed by atoms with E-state index in [0.717, 1.165) is 67.9 Å². The highest BCUT2D eigenvalue weighted by atomic mass is 16.5. The van der Waals surface area contributed by atoms with Gasteiger partial charge in [0.25, 0.3) is 5.91 Å². The second-order valence-corrected chi connectivity index (χ2v) is 12.6. The molecule has 2 heterocycles. The number of carbonyl (C=O) groups is 1. The molecule has 0 aromatic rings. The molecular formula is C27H43NO3. The molecule has 6 fully saturated rings. The van der Waals surface area contributed by atoms with Gasteiger partial charge in [0.15, 0.2) is 0 Å². The van der Waals surface area contributed by atoms with Gasteiger partial charge in [-0.1, -0.05) is 6.92 Å². The average molecular weight is 430 g/mol. The van der Waals surface area contributed by atoms with Crippen molar-refractivity contribution in [3.05, 3.63) is 0 Å². The first-order valence-electron chi connectivity index (χ1n) is 13.4. The molecule has 4 nitrogen and oxygen atoms in total. The summed E-state index contributed by atoms with van der Waals surface area (Å²) in [5, 5.41) is 0. The maximum Gasteiger partial charge on any atom is 0.252 e. The number of ether oxygens (including phenoxy) is 2. The van der Waals surface area contributed by atoms with Gasteiger partial charge in [0, 0.05) is 25.8 Å². The third-order valence-electron chi connectivity index (χ3n) is 11.4. The lowest BCUT2D eigenvalue weighted by atomic mass is 9.45. The van der Waals surface area contributed by atoms with Gasteiger partial charge >= 0.3 is 0 Å². The van der Waals surface area contributed by atoms with Crippen molar-refractivity contribution in [2.24, 2.45) is 40.9 Å². The van der Waals surface area contributed by atoms with Crippen LogP contribution >= 0.6 is 0 Å². The van der Waals surface area contributed by atoms with E-state index in [4.69, 9.17) is 9.47 Å². The van der Waals surface area contributed by atoms with Crippen LogP contribution < -0.4 is 0 Å². The topological polar surface area (TPSA) is 38.8 Å². The van der Waals surface area contributed by atoms with Crippen molar-refractivity contribution < 1.29 is 14.3 Å². The van der Waals surface area contributed by atoms with Gasteiger partial charge < -0.3 is 14.4 Å². The molecule has 10 atom stereocenters. The zero-order chi connectivity index (χ0) is 21.4. The number of likely N-dealkylation sites (tertiary alicyclic amines) is 1. The summed E-state index contributed by atoms with van der Waals surface area (Å²) in [5.41, 5.74) is 0.548. The Morgan fingerprint density at radius 2 is 1.87 bits per heavy atom. The van der Waals surface area contributed by atoms with Gasteiger partial charge in [-0.15, -0.1) is 0 Å². The molecule has 2 aliphatic heterocycles. The maximum atomic E-state index is 13.7. The first kappa shape index (κ1) is 21.0. The van der Waals surface area contributed by atoms with Crippen molar-refractivity contribution >= 4 is 5.91 Å². The summed E-state index contributed by atoms with van der Waals surface area (Å²) in [7, 11) is 1.90. The molecule has 0 aromatic carbocycles. The van der Waals surface area contributed by atoms with Crippen molar-refractivity contribution in [3.8, 4) is 0 Å². The van der Waals surface area contributed by atoms with Crippen LogP contribution in [0.15, 0.2) is 0 Å². The van der Waals surface area contributed by atoms with E-state index in [2.05, 4.69) is 18.7 Å². The van der Waals surface area contributed by atoms with Gasteiger partial charge in [-0.05, 0) is 118 Å². The van der Waals surface area contributed by atoms with Crippen LogP contribution in [0.5, 0.6) is 0 Å². The fraction of sp³-hybridized carbons (Fsp3) is 0.963. The van der Waals surface area contributed by atoms with Gasteiger partial charge in [0.2, 0.25) is 0 Å². The smallest absolute Gasteiger partial charge is 0.252 e. The Labute approximate surface area is 188 Å². The second-order valence-electron chi connectivity index (χ2n) is 12.6. The quantitative estimate of drug-likeness (QED) is 0.616. The Bertz CT molecular complexity index is 719. The van der Waals surface area contributed by atoms with Crippen LogP contribution in [0.4, 0.5) is 0 Å². The molecule has 0 spiro atoms. The van der Waals surface area contributed by atoms with Gasteiger partial charge in [-0.3, -0.25) is 4.79 Å². The normalized spacial score (nSPS) is 53.6. The first-order valence-corrected chi connectivity index (χ1v) is 13.4. The molecule has 31 heavy (non-hydrogen) atoms. The highest BCUT2D eigenvalue weighted by Gasteiger charge is 2.66. The summed E-state index contributed by atoms with van der Waals surface area (Å²) < 4.78 is 11.8. The lowest BCUT2D eigenvalue weighted by Crippen LogP contribution is -2.66. The van der Waals surface area contributed by atoms with Crippen molar-refractivity contribution in [1.82, 2.24) is 4.90 Å². The van der Waals surface area contributed by atoms with Gasteiger partial charge in [0.1, 0.15) is 6.10 Å². The number of carbonyl (C=O) groups excluding carboxylic acids is 1. The van der Waals surface area contributed by atoms with Crippen molar-refractivity contribution in [2.45, 2.75) is 102 Å². The van der Waals surface area contributed by atoms with Crippen LogP contribution in [0.1, 0.15) is 84.5 Å². The molecule has 0 N–H and O–H groups in total. The number of fused-ring (bicyclic) bond motifs is 7. The molecule has 0 bridgehead atoms. The predicted molar refractivity (Wildman–Crippen MR) is 120 cm³/mol. The van der Waals surface area contributed by atoms with Crippen LogP contribution in [-0.2, 0) is 14.3 Å². The Hall–Kier alpha value is -0.610. The fourth-order valence-corrected chi connectivity index (χ4v) is 9.57.